The topological polar surface area (TPSA) is 30.5 Å². The van der Waals surface area contributed by atoms with Gasteiger partial charge in [0.25, 0.3) is 0 Å². The van der Waals surface area contributed by atoms with Crippen molar-refractivity contribution in [2.75, 3.05) is 20.4 Å². The van der Waals surface area contributed by atoms with E-state index in [-0.39, 0.29) is 18.7 Å². The van der Waals surface area contributed by atoms with Crippen LogP contribution in [0.15, 0.2) is 18.2 Å². The third-order valence-corrected chi connectivity index (χ3v) is 2.38. The second-order valence-corrected chi connectivity index (χ2v) is 3.45. The summed E-state index contributed by atoms with van der Waals surface area (Å²) in [6.45, 7) is 4.59. The molecule has 90 valence electrons. The summed E-state index contributed by atoms with van der Waals surface area (Å²) in [4.78, 5) is 0. The first-order valence-electron chi connectivity index (χ1n) is 5.36. The largest absolute Gasteiger partial charge is 0.467 e. The van der Waals surface area contributed by atoms with Crippen molar-refractivity contribution in [2.24, 2.45) is 0 Å². The first-order valence-corrected chi connectivity index (χ1v) is 5.36. The molecule has 0 fully saturated rings. The zero-order chi connectivity index (χ0) is 12.0. The Morgan fingerprint density at radius 2 is 2.19 bits per heavy atom. The van der Waals surface area contributed by atoms with Gasteiger partial charge >= 0.3 is 0 Å². The summed E-state index contributed by atoms with van der Waals surface area (Å²) in [6.07, 6.45) is 0. The van der Waals surface area contributed by atoms with E-state index in [0.717, 1.165) is 5.56 Å². The van der Waals surface area contributed by atoms with Gasteiger partial charge < -0.3 is 14.8 Å². The molecule has 3 nitrogen and oxygen atoms in total. The highest BCUT2D eigenvalue weighted by molar-refractivity contribution is 5.36. The molecule has 0 saturated heterocycles. The zero-order valence-electron chi connectivity index (χ0n) is 9.92. The van der Waals surface area contributed by atoms with E-state index >= 15 is 0 Å². The normalized spacial score (nSPS) is 12.5. The molecular weight excluding hydrogens is 209 g/mol. The van der Waals surface area contributed by atoms with Crippen molar-refractivity contribution in [3.05, 3.63) is 29.6 Å². The molecule has 16 heavy (non-hydrogen) atoms. The maximum Gasteiger partial charge on any atom is 0.189 e. The molecule has 0 aromatic heterocycles. The summed E-state index contributed by atoms with van der Waals surface area (Å²) < 4.78 is 23.5. The van der Waals surface area contributed by atoms with E-state index in [0.29, 0.717) is 12.4 Å². The Morgan fingerprint density at radius 1 is 1.44 bits per heavy atom. The van der Waals surface area contributed by atoms with Crippen molar-refractivity contribution < 1.29 is 13.9 Å². The Balaban J connectivity index is 2.81. The Hall–Kier alpha value is -1.13. The fourth-order valence-corrected chi connectivity index (χ4v) is 1.33. The molecule has 0 aliphatic rings. The van der Waals surface area contributed by atoms with Crippen molar-refractivity contribution >= 4 is 0 Å². The van der Waals surface area contributed by atoms with Crippen LogP contribution in [0.3, 0.4) is 0 Å². The minimum Gasteiger partial charge on any atom is -0.467 e. The van der Waals surface area contributed by atoms with Crippen molar-refractivity contribution in [3.8, 4) is 5.75 Å². The van der Waals surface area contributed by atoms with Gasteiger partial charge in [-0.05, 0) is 27.0 Å². The molecule has 1 atom stereocenters. The summed E-state index contributed by atoms with van der Waals surface area (Å²) in [5.41, 5.74) is 0.920. The monoisotopic (exact) mass is 227 g/mol. The molecular formula is C12H18FNO2. The van der Waals surface area contributed by atoms with Crippen LogP contribution in [-0.2, 0) is 4.74 Å². The van der Waals surface area contributed by atoms with Gasteiger partial charge in [0.15, 0.2) is 6.79 Å². The van der Waals surface area contributed by atoms with Gasteiger partial charge in [0.05, 0.1) is 0 Å². The number of ether oxygens (including phenoxy) is 2. The fourth-order valence-electron chi connectivity index (χ4n) is 1.33. The van der Waals surface area contributed by atoms with E-state index in [1.165, 1.54) is 12.1 Å². The maximum absolute atomic E-state index is 13.1. The average molecular weight is 227 g/mol. The van der Waals surface area contributed by atoms with Gasteiger partial charge in [0.1, 0.15) is 11.6 Å². The number of hydrogen-bond acceptors (Lipinski definition) is 3. The van der Waals surface area contributed by atoms with E-state index < -0.39 is 0 Å². The van der Waals surface area contributed by atoms with Crippen LogP contribution in [0.1, 0.15) is 25.5 Å². The number of hydrogen-bond donors (Lipinski definition) is 1. The molecule has 1 aromatic carbocycles. The van der Waals surface area contributed by atoms with Gasteiger partial charge in [-0.15, -0.1) is 0 Å². The van der Waals surface area contributed by atoms with Gasteiger partial charge in [-0.3, -0.25) is 0 Å². The lowest BCUT2D eigenvalue weighted by Crippen LogP contribution is -2.14. The summed E-state index contributed by atoms with van der Waals surface area (Å²) in [5.74, 6) is 0.217. The lowest BCUT2D eigenvalue weighted by molar-refractivity contribution is 0.0214. The van der Waals surface area contributed by atoms with Crippen molar-refractivity contribution in [2.45, 2.75) is 19.9 Å². The highest BCUT2D eigenvalue weighted by atomic mass is 19.1. The van der Waals surface area contributed by atoms with Crippen LogP contribution in [-0.4, -0.2) is 20.4 Å². The van der Waals surface area contributed by atoms with Gasteiger partial charge in [-0.2, -0.15) is 0 Å². The van der Waals surface area contributed by atoms with Crippen molar-refractivity contribution in [1.29, 1.82) is 0 Å². The van der Waals surface area contributed by atoms with E-state index in [4.69, 9.17) is 9.47 Å². The van der Waals surface area contributed by atoms with Crippen LogP contribution in [0.2, 0.25) is 0 Å². The molecule has 0 radical (unpaired) electrons. The van der Waals surface area contributed by atoms with Crippen LogP contribution in [0.4, 0.5) is 4.39 Å². The second-order valence-electron chi connectivity index (χ2n) is 3.45. The molecule has 0 heterocycles. The van der Waals surface area contributed by atoms with E-state index in [1.807, 2.05) is 20.9 Å². The SMILES string of the molecule is CCOCOc1cc(F)ccc1C(C)NC. The predicted molar refractivity (Wildman–Crippen MR) is 61.0 cm³/mol. The Labute approximate surface area is 95.6 Å². The standard InChI is InChI=1S/C12H18FNO2/c1-4-15-8-16-12-7-10(13)5-6-11(12)9(2)14-3/h5-7,9,14H,4,8H2,1-3H3. The molecule has 1 aromatic rings. The minimum atomic E-state index is -0.307. The van der Waals surface area contributed by atoms with Gasteiger partial charge in [-0.1, -0.05) is 6.07 Å². The van der Waals surface area contributed by atoms with Crippen molar-refractivity contribution in [1.82, 2.24) is 5.32 Å². The smallest absolute Gasteiger partial charge is 0.189 e. The Morgan fingerprint density at radius 3 is 2.81 bits per heavy atom. The molecule has 1 unspecified atom stereocenters. The van der Waals surface area contributed by atoms with E-state index in [1.54, 1.807) is 6.07 Å². The molecule has 4 heteroatoms. The number of nitrogens with one attached hydrogen (secondary N) is 1. The Kier molecular flexibility index (Phi) is 5.22. The van der Waals surface area contributed by atoms with Crippen molar-refractivity contribution in [3.63, 3.8) is 0 Å². The molecule has 0 aliphatic carbocycles. The van der Waals surface area contributed by atoms with Crippen LogP contribution in [0, 0.1) is 5.82 Å². The van der Waals surface area contributed by atoms with Crippen LogP contribution in [0.25, 0.3) is 0 Å². The molecule has 0 spiro atoms. The Bertz CT molecular complexity index is 331. The zero-order valence-corrected chi connectivity index (χ0v) is 9.92. The molecule has 0 aliphatic heterocycles. The number of rotatable bonds is 6. The molecule has 0 bridgehead atoms. The molecule has 1 rings (SSSR count). The molecule has 0 saturated carbocycles. The van der Waals surface area contributed by atoms with E-state index in [9.17, 15) is 4.39 Å². The average Bonchev–Trinajstić information content (AvgIpc) is 2.29. The maximum atomic E-state index is 13.1. The summed E-state index contributed by atoms with van der Waals surface area (Å²) in [6, 6.07) is 4.63. The fraction of sp³-hybridized carbons (Fsp3) is 0.500. The first kappa shape index (κ1) is 12.9. The highest BCUT2D eigenvalue weighted by Crippen LogP contribution is 2.25. The lowest BCUT2D eigenvalue weighted by Gasteiger charge is -2.16. The van der Waals surface area contributed by atoms with Gasteiger partial charge in [-0.25, -0.2) is 4.39 Å². The highest BCUT2D eigenvalue weighted by Gasteiger charge is 2.11. The number of benzene rings is 1. The lowest BCUT2D eigenvalue weighted by atomic mass is 10.1. The van der Waals surface area contributed by atoms with E-state index in [2.05, 4.69) is 5.32 Å². The first-order chi connectivity index (χ1) is 7.69. The van der Waals surface area contributed by atoms with Crippen LogP contribution < -0.4 is 10.1 Å². The minimum absolute atomic E-state index is 0.109. The van der Waals surface area contributed by atoms with Gasteiger partial charge in [0.2, 0.25) is 0 Å². The molecule has 0 amide bonds. The summed E-state index contributed by atoms with van der Waals surface area (Å²) >= 11 is 0. The number of halogens is 1. The van der Waals surface area contributed by atoms with Crippen LogP contribution >= 0.6 is 0 Å². The van der Waals surface area contributed by atoms with Gasteiger partial charge in [0, 0.05) is 24.3 Å². The third-order valence-electron chi connectivity index (χ3n) is 2.38. The molecule has 1 N–H and O–H groups in total. The summed E-state index contributed by atoms with van der Waals surface area (Å²) in [7, 11) is 1.85. The van der Waals surface area contributed by atoms with Crippen LogP contribution in [0.5, 0.6) is 5.75 Å². The summed E-state index contributed by atoms with van der Waals surface area (Å²) in [5, 5.41) is 3.09. The third kappa shape index (κ3) is 3.47. The quantitative estimate of drug-likeness (QED) is 0.598. The predicted octanol–water partition coefficient (Wildman–Crippen LogP) is 2.48. The second kappa shape index (κ2) is 6.45.